The van der Waals surface area contributed by atoms with Crippen LogP contribution in [0.1, 0.15) is 16.7 Å². The highest BCUT2D eigenvalue weighted by molar-refractivity contribution is 5.35. The van der Waals surface area contributed by atoms with Gasteiger partial charge in [0.1, 0.15) is 18.5 Å². The Balaban J connectivity index is 1.38. The van der Waals surface area contributed by atoms with Crippen LogP contribution < -0.4 is 4.74 Å². The first-order valence-electron chi connectivity index (χ1n) is 9.47. The van der Waals surface area contributed by atoms with Crippen molar-refractivity contribution in [1.82, 2.24) is 9.80 Å². The van der Waals surface area contributed by atoms with Crippen molar-refractivity contribution in [2.45, 2.75) is 26.5 Å². The first-order chi connectivity index (χ1) is 12.6. The molecule has 2 aromatic carbocycles. The predicted molar refractivity (Wildman–Crippen MR) is 106 cm³/mol. The van der Waals surface area contributed by atoms with E-state index >= 15 is 0 Å². The van der Waals surface area contributed by atoms with E-state index in [2.05, 4.69) is 53.1 Å². The highest BCUT2D eigenvalue weighted by atomic mass is 16.5. The van der Waals surface area contributed by atoms with Gasteiger partial charge >= 0.3 is 0 Å². The molecule has 0 spiro atoms. The third-order valence-corrected chi connectivity index (χ3v) is 4.94. The number of β-amino-alcohol motifs (C(OH)–C–C–N with tert-alkyl or cyclic N) is 1. The van der Waals surface area contributed by atoms with Gasteiger partial charge < -0.3 is 9.84 Å². The lowest BCUT2D eigenvalue weighted by Gasteiger charge is -2.35. The van der Waals surface area contributed by atoms with Crippen molar-refractivity contribution in [2.75, 3.05) is 39.3 Å². The van der Waals surface area contributed by atoms with E-state index in [0.717, 1.165) is 44.0 Å². The van der Waals surface area contributed by atoms with Crippen LogP contribution in [-0.4, -0.2) is 60.3 Å². The van der Waals surface area contributed by atoms with Crippen LogP contribution in [0, 0.1) is 13.8 Å². The Morgan fingerprint density at radius 1 is 0.962 bits per heavy atom. The summed E-state index contributed by atoms with van der Waals surface area (Å²) in [4.78, 5) is 4.81. The Morgan fingerprint density at radius 3 is 2.35 bits per heavy atom. The molecule has 1 aliphatic rings. The smallest absolute Gasteiger partial charge is 0.122 e. The summed E-state index contributed by atoms with van der Waals surface area (Å²) in [5, 5.41) is 10.3. The quantitative estimate of drug-likeness (QED) is 0.829. The third kappa shape index (κ3) is 5.56. The van der Waals surface area contributed by atoms with Gasteiger partial charge in [-0.2, -0.15) is 0 Å². The van der Waals surface area contributed by atoms with E-state index in [0.29, 0.717) is 13.2 Å². The lowest BCUT2D eigenvalue weighted by Crippen LogP contribution is -2.48. The van der Waals surface area contributed by atoms with Crippen molar-refractivity contribution in [3.05, 3.63) is 65.2 Å². The molecular formula is C22H30N2O2. The average molecular weight is 354 g/mol. The Morgan fingerprint density at radius 2 is 1.65 bits per heavy atom. The molecule has 0 saturated carbocycles. The predicted octanol–water partition coefficient (Wildman–Crippen LogP) is 2.86. The molecule has 1 saturated heterocycles. The summed E-state index contributed by atoms with van der Waals surface area (Å²) in [5.74, 6) is 0.863. The van der Waals surface area contributed by atoms with Crippen LogP contribution in [0.15, 0.2) is 48.5 Å². The molecule has 0 aromatic heterocycles. The Labute approximate surface area is 157 Å². The Hall–Kier alpha value is -1.88. The van der Waals surface area contributed by atoms with Gasteiger partial charge in [-0.3, -0.25) is 9.80 Å². The molecule has 0 unspecified atom stereocenters. The maximum absolute atomic E-state index is 10.3. The number of hydrogen-bond acceptors (Lipinski definition) is 4. The highest BCUT2D eigenvalue weighted by Gasteiger charge is 2.19. The summed E-state index contributed by atoms with van der Waals surface area (Å²) >= 11 is 0. The lowest BCUT2D eigenvalue weighted by molar-refractivity contribution is 0.0445. The molecule has 140 valence electrons. The number of piperazine rings is 1. The first-order valence-corrected chi connectivity index (χ1v) is 9.47. The molecule has 1 N–H and O–H groups in total. The fourth-order valence-corrected chi connectivity index (χ4v) is 3.47. The number of aryl methyl sites for hydroxylation is 2. The van der Waals surface area contributed by atoms with E-state index < -0.39 is 6.10 Å². The summed E-state index contributed by atoms with van der Waals surface area (Å²) < 4.78 is 5.81. The molecule has 26 heavy (non-hydrogen) atoms. The number of aliphatic hydroxyl groups is 1. The molecule has 1 heterocycles. The summed E-state index contributed by atoms with van der Waals surface area (Å²) in [6.45, 7) is 10.2. The van der Waals surface area contributed by atoms with E-state index in [1.54, 1.807) is 0 Å². The lowest BCUT2D eigenvalue weighted by atomic mass is 10.1. The molecule has 4 nitrogen and oxygen atoms in total. The minimum absolute atomic E-state index is 0.341. The highest BCUT2D eigenvalue weighted by Crippen LogP contribution is 2.19. The topological polar surface area (TPSA) is 35.9 Å². The molecule has 1 atom stereocenters. The van der Waals surface area contributed by atoms with Gasteiger partial charge in [-0.25, -0.2) is 0 Å². The maximum atomic E-state index is 10.3. The number of nitrogens with zero attached hydrogens (tertiary/aromatic N) is 2. The van der Waals surface area contributed by atoms with Crippen LogP contribution in [0.5, 0.6) is 5.75 Å². The van der Waals surface area contributed by atoms with Crippen LogP contribution in [0.25, 0.3) is 0 Å². The molecule has 0 aliphatic carbocycles. The largest absolute Gasteiger partial charge is 0.491 e. The van der Waals surface area contributed by atoms with Gasteiger partial charge in [0.15, 0.2) is 0 Å². The minimum Gasteiger partial charge on any atom is -0.491 e. The van der Waals surface area contributed by atoms with E-state index in [9.17, 15) is 5.11 Å². The molecule has 1 fully saturated rings. The monoisotopic (exact) mass is 354 g/mol. The second kappa shape index (κ2) is 9.17. The van der Waals surface area contributed by atoms with Crippen molar-refractivity contribution in [3.8, 4) is 5.75 Å². The van der Waals surface area contributed by atoms with Gasteiger partial charge in [-0.05, 0) is 31.0 Å². The van der Waals surface area contributed by atoms with Crippen LogP contribution in [0.2, 0.25) is 0 Å². The number of hydrogen-bond donors (Lipinski definition) is 1. The average Bonchev–Trinajstić information content (AvgIpc) is 2.63. The van der Waals surface area contributed by atoms with E-state index in [1.807, 2.05) is 19.1 Å². The molecule has 4 heteroatoms. The second-order valence-corrected chi connectivity index (χ2v) is 7.30. The third-order valence-electron chi connectivity index (χ3n) is 4.94. The van der Waals surface area contributed by atoms with Crippen LogP contribution in [-0.2, 0) is 6.54 Å². The molecular weight excluding hydrogens is 324 g/mol. The molecule has 1 aliphatic heterocycles. The maximum Gasteiger partial charge on any atom is 0.122 e. The zero-order valence-corrected chi connectivity index (χ0v) is 15.9. The van der Waals surface area contributed by atoms with Crippen molar-refractivity contribution >= 4 is 0 Å². The zero-order chi connectivity index (χ0) is 18.4. The van der Waals surface area contributed by atoms with Gasteiger partial charge in [-0.1, -0.05) is 48.0 Å². The van der Waals surface area contributed by atoms with Crippen molar-refractivity contribution in [2.24, 2.45) is 0 Å². The van der Waals surface area contributed by atoms with E-state index in [4.69, 9.17) is 4.74 Å². The molecule has 2 aromatic rings. The van der Waals surface area contributed by atoms with Crippen LogP contribution in [0.3, 0.4) is 0 Å². The van der Waals surface area contributed by atoms with Gasteiger partial charge in [0.2, 0.25) is 0 Å². The molecule has 0 amide bonds. The van der Waals surface area contributed by atoms with Gasteiger partial charge in [0.25, 0.3) is 0 Å². The van der Waals surface area contributed by atoms with Gasteiger partial charge in [0.05, 0.1) is 0 Å². The van der Waals surface area contributed by atoms with Gasteiger partial charge in [-0.15, -0.1) is 0 Å². The summed E-state index contributed by atoms with van der Waals surface area (Å²) in [6.07, 6.45) is -0.462. The zero-order valence-electron chi connectivity index (χ0n) is 15.9. The van der Waals surface area contributed by atoms with Gasteiger partial charge in [0, 0.05) is 39.3 Å². The number of rotatable bonds is 7. The normalized spacial score (nSPS) is 17.2. The SMILES string of the molecule is Cc1ccc(OC[C@H](O)CN2CCN(Cc3ccccc3)CC2)c(C)c1. The first kappa shape index (κ1) is 18.9. The van der Waals surface area contributed by atoms with Crippen molar-refractivity contribution in [1.29, 1.82) is 0 Å². The van der Waals surface area contributed by atoms with E-state index in [-0.39, 0.29) is 0 Å². The minimum atomic E-state index is -0.462. The summed E-state index contributed by atoms with van der Waals surface area (Å²) in [7, 11) is 0. The number of aliphatic hydroxyl groups excluding tert-OH is 1. The van der Waals surface area contributed by atoms with Crippen molar-refractivity contribution in [3.63, 3.8) is 0 Å². The van der Waals surface area contributed by atoms with Crippen LogP contribution in [0.4, 0.5) is 0 Å². The summed E-state index contributed by atoms with van der Waals surface area (Å²) in [5.41, 5.74) is 3.71. The Kier molecular flexibility index (Phi) is 6.67. The molecule has 0 radical (unpaired) electrons. The Bertz CT molecular complexity index is 682. The van der Waals surface area contributed by atoms with Crippen LogP contribution >= 0.6 is 0 Å². The second-order valence-electron chi connectivity index (χ2n) is 7.30. The summed E-state index contributed by atoms with van der Waals surface area (Å²) in [6, 6.07) is 16.7. The molecule has 0 bridgehead atoms. The fourth-order valence-electron chi connectivity index (χ4n) is 3.47. The number of ether oxygens (including phenoxy) is 1. The molecule has 3 rings (SSSR count). The van der Waals surface area contributed by atoms with E-state index in [1.165, 1.54) is 11.1 Å². The standard InChI is InChI=1S/C22H30N2O2/c1-18-8-9-22(19(2)14-18)26-17-21(25)16-24-12-10-23(11-13-24)15-20-6-4-3-5-7-20/h3-9,14,21,25H,10-13,15-17H2,1-2H3/t21-/m1/s1. The number of benzene rings is 2. The van der Waals surface area contributed by atoms with Crippen molar-refractivity contribution < 1.29 is 9.84 Å². The fraction of sp³-hybridized carbons (Fsp3) is 0.455.